The van der Waals surface area contributed by atoms with Gasteiger partial charge in [-0.25, -0.2) is 4.39 Å². The Bertz CT molecular complexity index is 470. The van der Waals surface area contributed by atoms with Gasteiger partial charge in [0.1, 0.15) is 5.82 Å². The molecule has 1 heterocycles. The fourth-order valence-corrected chi connectivity index (χ4v) is 2.74. The summed E-state index contributed by atoms with van der Waals surface area (Å²) in [5.41, 5.74) is 1.26. The number of aryl methyl sites for hydroxylation is 1. The van der Waals surface area contributed by atoms with Crippen molar-refractivity contribution in [2.24, 2.45) is 11.8 Å². The Hall–Kier alpha value is -1.13. The highest BCUT2D eigenvalue weighted by Crippen LogP contribution is 2.41. The van der Waals surface area contributed by atoms with Crippen molar-refractivity contribution >= 4 is 18.3 Å². The molecule has 2 fully saturated rings. The average molecular weight is 271 g/mol. The number of halogens is 2. The minimum atomic E-state index is -0.299. The molecule has 1 amide bonds. The smallest absolute Gasteiger partial charge is 0.251 e. The molecule has 3 nitrogen and oxygen atoms in total. The van der Waals surface area contributed by atoms with Gasteiger partial charge in [0.05, 0.1) is 0 Å². The third-order valence-corrected chi connectivity index (χ3v) is 3.82. The second-order valence-corrected chi connectivity index (χ2v) is 4.94. The van der Waals surface area contributed by atoms with Gasteiger partial charge in [-0.05, 0) is 42.5 Å². The average Bonchev–Trinajstić information content (AvgIpc) is 2.74. The third kappa shape index (κ3) is 2.22. The molecule has 18 heavy (non-hydrogen) atoms. The fourth-order valence-electron chi connectivity index (χ4n) is 2.74. The molecule has 0 radical (unpaired) electrons. The normalized spacial score (nSPS) is 28.2. The summed E-state index contributed by atoms with van der Waals surface area (Å²) >= 11 is 0. The van der Waals surface area contributed by atoms with Crippen molar-refractivity contribution in [3.63, 3.8) is 0 Å². The number of fused-ring (bicyclic) bond motifs is 1. The van der Waals surface area contributed by atoms with Gasteiger partial charge in [0, 0.05) is 24.7 Å². The van der Waals surface area contributed by atoms with E-state index in [2.05, 4.69) is 10.6 Å². The molecule has 0 bridgehead atoms. The maximum Gasteiger partial charge on any atom is 0.251 e. The van der Waals surface area contributed by atoms with E-state index in [9.17, 15) is 9.18 Å². The van der Waals surface area contributed by atoms with Crippen molar-refractivity contribution in [3.05, 3.63) is 35.1 Å². The lowest BCUT2D eigenvalue weighted by atomic mass is 10.1. The summed E-state index contributed by atoms with van der Waals surface area (Å²) in [6, 6.07) is 4.59. The first-order valence-corrected chi connectivity index (χ1v) is 5.94. The van der Waals surface area contributed by atoms with Crippen LogP contribution in [0.3, 0.4) is 0 Å². The summed E-state index contributed by atoms with van der Waals surface area (Å²) < 4.78 is 12.9. The first kappa shape index (κ1) is 13.3. The Labute approximate surface area is 112 Å². The molecule has 0 spiro atoms. The van der Waals surface area contributed by atoms with Gasteiger partial charge in [-0.3, -0.25) is 4.79 Å². The summed E-state index contributed by atoms with van der Waals surface area (Å²) in [6.07, 6.45) is 0. The van der Waals surface area contributed by atoms with Gasteiger partial charge in [-0.2, -0.15) is 0 Å². The Balaban J connectivity index is 0.00000120. The number of piperidine rings is 1. The van der Waals surface area contributed by atoms with Crippen molar-refractivity contribution in [2.75, 3.05) is 13.1 Å². The second-order valence-electron chi connectivity index (χ2n) is 4.94. The van der Waals surface area contributed by atoms with E-state index >= 15 is 0 Å². The van der Waals surface area contributed by atoms with E-state index in [-0.39, 0.29) is 24.1 Å². The van der Waals surface area contributed by atoms with E-state index < -0.39 is 0 Å². The molecular weight excluding hydrogens is 255 g/mol. The number of hydrogen-bond acceptors (Lipinski definition) is 2. The minimum absolute atomic E-state index is 0. The van der Waals surface area contributed by atoms with Crippen LogP contribution in [0.15, 0.2) is 18.2 Å². The molecule has 2 aliphatic rings. The summed E-state index contributed by atoms with van der Waals surface area (Å²) in [5, 5.41) is 6.31. The molecule has 2 unspecified atom stereocenters. The first-order chi connectivity index (χ1) is 8.16. The molecular formula is C13H16ClFN2O. The Morgan fingerprint density at radius 2 is 2.06 bits per heavy atom. The van der Waals surface area contributed by atoms with Crippen LogP contribution in [0.4, 0.5) is 4.39 Å². The quantitative estimate of drug-likeness (QED) is 0.855. The van der Waals surface area contributed by atoms with E-state index in [1.54, 1.807) is 13.0 Å². The van der Waals surface area contributed by atoms with Crippen molar-refractivity contribution in [3.8, 4) is 0 Å². The zero-order valence-corrected chi connectivity index (χ0v) is 10.9. The van der Waals surface area contributed by atoms with E-state index in [1.807, 2.05) is 0 Å². The van der Waals surface area contributed by atoms with Crippen LogP contribution in [0.25, 0.3) is 0 Å². The topological polar surface area (TPSA) is 41.1 Å². The molecule has 0 aromatic heterocycles. The van der Waals surface area contributed by atoms with E-state index in [0.717, 1.165) is 13.1 Å². The zero-order chi connectivity index (χ0) is 12.0. The largest absolute Gasteiger partial charge is 0.349 e. The monoisotopic (exact) mass is 270 g/mol. The molecule has 3 rings (SSSR count). The first-order valence-electron chi connectivity index (χ1n) is 5.94. The van der Waals surface area contributed by atoms with Crippen molar-refractivity contribution in [1.82, 2.24) is 10.6 Å². The van der Waals surface area contributed by atoms with Crippen molar-refractivity contribution in [1.29, 1.82) is 0 Å². The van der Waals surface area contributed by atoms with Crippen LogP contribution in [-0.2, 0) is 0 Å². The molecule has 2 atom stereocenters. The predicted molar refractivity (Wildman–Crippen MR) is 69.5 cm³/mol. The van der Waals surface area contributed by atoms with Gasteiger partial charge in [0.15, 0.2) is 0 Å². The number of carbonyl (C=O) groups is 1. The van der Waals surface area contributed by atoms with Gasteiger partial charge < -0.3 is 10.6 Å². The number of carbonyl (C=O) groups excluding carboxylic acids is 1. The lowest BCUT2D eigenvalue weighted by Gasteiger charge is -2.09. The second kappa shape index (κ2) is 4.86. The lowest BCUT2D eigenvalue weighted by molar-refractivity contribution is 0.0946. The molecule has 1 aliphatic carbocycles. The van der Waals surface area contributed by atoms with Crippen LogP contribution in [0.2, 0.25) is 0 Å². The molecule has 1 aliphatic heterocycles. The van der Waals surface area contributed by atoms with E-state index in [1.165, 1.54) is 12.1 Å². The van der Waals surface area contributed by atoms with Gasteiger partial charge in [0.2, 0.25) is 0 Å². The van der Waals surface area contributed by atoms with Gasteiger partial charge >= 0.3 is 0 Å². The zero-order valence-electron chi connectivity index (χ0n) is 10.1. The number of amides is 1. The van der Waals surface area contributed by atoms with Gasteiger partial charge in [0.25, 0.3) is 5.91 Å². The van der Waals surface area contributed by atoms with Crippen molar-refractivity contribution in [2.45, 2.75) is 13.0 Å². The number of hydrogen-bond donors (Lipinski definition) is 2. The molecule has 5 heteroatoms. The van der Waals surface area contributed by atoms with Gasteiger partial charge in [-0.1, -0.05) is 0 Å². The van der Waals surface area contributed by atoms with Crippen LogP contribution < -0.4 is 10.6 Å². The van der Waals surface area contributed by atoms with Crippen LogP contribution in [-0.4, -0.2) is 25.0 Å². The molecule has 2 N–H and O–H groups in total. The standard InChI is InChI=1S/C13H15FN2O.ClH/c1-7-4-8(14)2-3-9(7)13(17)16-12-10-5-15-6-11(10)12;/h2-4,10-12,15H,5-6H2,1H3,(H,16,17);1H. The number of benzene rings is 1. The predicted octanol–water partition coefficient (Wildman–Crippen LogP) is 1.50. The van der Waals surface area contributed by atoms with Crippen LogP contribution >= 0.6 is 12.4 Å². The molecule has 1 saturated heterocycles. The highest BCUT2D eigenvalue weighted by Gasteiger charge is 2.53. The lowest BCUT2D eigenvalue weighted by Crippen LogP contribution is -2.32. The van der Waals surface area contributed by atoms with Crippen LogP contribution in [0.1, 0.15) is 15.9 Å². The minimum Gasteiger partial charge on any atom is -0.349 e. The van der Waals surface area contributed by atoms with Crippen LogP contribution in [0.5, 0.6) is 0 Å². The van der Waals surface area contributed by atoms with E-state index in [4.69, 9.17) is 0 Å². The Kier molecular flexibility index (Phi) is 3.59. The fraction of sp³-hybridized carbons (Fsp3) is 0.462. The summed E-state index contributed by atoms with van der Waals surface area (Å²) in [6.45, 7) is 3.75. The maximum atomic E-state index is 12.9. The molecule has 98 valence electrons. The SMILES string of the molecule is Cc1cc(F)ccc1C(=O)NC1C2CNCC21.Cl. The summed E-state index contributed by atoms with van der Waals surface area (Å²) in [7, 11) is 0. The number of nitrogens with one attached hydrogen (secondary N) is 2. The number of rotatable bonds is 2. The Morgan fingerprint density at radius 1 is 1.39 bits per heavy atom. The maximum absolute atomic E-state index is 12.9. The third-order valence-electron chi connectivity index (χ3n) is 3.82. The Morgan fingerprint density at radius 3 is 2.67 bits per heavy atom. The molecule has 1 saturated carbocycles. The summed E-state index contributed by atoms with van der Waals surface area (Å²) in [4.78, 5) is 12.0. The van der Waals surface area contributed by atoms with Crippen molar-refractivity contribution < 1.29 is 9.18 Å². The van der Waals surface area contributed by atoms with E-state index in [0.29, 0.717) is 29.0 Å². The molecule has 1 aromatic carbocycles. The summed E-state index contributed by atoms with van der Waals surface area (Å²) in [5.74, 6) is 0.813. The van der Waals surface area contributed by atoms with Crippen LogP contribution in [0, 0.1) is 24.6 Å². The highest BCUT2D eigenvalue weighted by atomic mass is 35.5. The highest BCUT2D eigenvalue weighted by molar-refractivity contribution is 5.96. The van der Waals surface area contributed by atoms with Gasteiger partial charge in [-0.15, -0.1) is 12.4 Å². The molecule has 1 aromatic rings.